The lowest BCUT2D eigenvalue weighted by molar-refractivity contribution is 0.189. The van der Waals surface area contributed by atoms with Crippen molar-refractivity contribution in [3.8, 4) is 0 Å². The summed E-state index contributed by atoms with van der Waals surface area (Å²) in [5, 5.41) is 0. The largest absolute Gasteiger partial charge is 0.385 e. The van der Waals surface area contributed by atoms with Crippen molar-refractivity contribution in [2.75, 3.05) is 13.7 Å². The monoisotopic (exact) mass is 196 g/mol. The average Bonchev–Trinajstić information content (AvgIpc) is 2.18. The van der Waals surface area contributed by atoms with Crippen molar-refractivity contribution in [3.63, 3.8) is 0 Å². The summed E-state index contributed by atoms with van der Waals surface area (Å²) in [6, 6.07) is 5.54. The maximum absolute atomic E-state index is 13.6. The Labute approximate surface area is 84.9 Å². The molecular formula is C12H17FO. The zero-order valence-corrected chi connectivity index (χ0v) is 9.01. The molecule has 0 bridgehead atoms. The number of halogens is 1. The molecule has 0 aliphatic rings. The van der Waals surface area contributed by atoms with Crippen LogP contribution in [0.4, 0.5) is 4.39 Å². The van der Waals surface area contributed by atoms with Crippen LogP contribution in [0.25, 0.3) is 0 Å². The Morgan fingerprint density at radius 3 is 2.79 bits per heavy atom. The van der Waals surface area contributed by atoms with Crippen LogP contribution in [0.15, 0.2) is 18.2 Å². The molecule has 0 N–H and O–H groups in total. The minimum absolute atomic E-state index is 0.0731. The van der Waals surface area contributed by atoms with Gasteiger partial charge in [0.25, 0.3) is 0 Å². The van der Waals surface area contributed by atoms with Crippen LogP contribution in [0.2, 0.25) is 0 Å². The number of methoxy groups -OCH3 is 1. The summed E-state index contributed by atoms with van der Waals surface area (Å²) in [5.74, 6) is 0.144. The van der Waals surface area contributed by atoms with E-state index < -0.39 is 0 Å². The highest BCUT2D eigenvalue weighted by Crippen LogP contribution is 2.23. The summed E-state index contributed by atoms with van der Waals surface area (Å²) in [7, 11) is 1.67. The maximum atomic E-state index is 13.6. The summed E-state index contributed by atoms with van der Waals surface area (Å²) in [6.45, 7) is 4.49. The van der Waals surface area contributed by atoms with Crippen molar-refractivity contribution in [3.05, 3.63) is 35.1 Å². The van der Waals surface area contributed by atoms with E-state index in [4.69, 9.17) is 4.74 Å². The van der Waals surface area contributed by atoms with Gasteiger partial charge in [0.2, 0.25) is 0 Å². The second-order valence-corrected chi connectivity index (χ2v) is 3.66. The molecule has 0 saturated carbocycles. The van der Waals surface area contributed by atoms with Gasteiger partial charge in [0.05, 0.1) is 0 Å². The van der Waals surface area contributed by atoms with Crippen molar-refractivity contribution in [2.45, 2.75) is 26.2 Å². The second-order valence-electron chi connectivity index (χ2n) is 3.66. The number of hydrogen-bond acceptors (Lipinski definition) is 1. The minimum atomic E-state index is -0.0731. The van der Waals surface area contributed by atoms with Gasteiger partial charge in [-0.15, -0.1) is 0 Å². The molecule has 0 saturated heterocycles. The molecule has 0 heterocycles. The quantitative estimate of drug-likeness (QED) is 0.718. The van der Waals surface area contributed by atoms with Crippen LogP contribution >= 0.6 is 0 Å². The lowest BCUT2D eigenvalue weighted by Crippen LogP contribution is -2.02. The van der Waals surface area contributed by atoms with Gasteiger partial charge in [-0.05, 0) is 30.4 Å². The van der Waals surface area contributed by atoms with Gasteiger partial charge in [-0.2, -0.15) is 0 Å². The number of hydrogen-bond donors (Lipinski definition) is 0. The fourth-order valence-corrected chi connectivity index (χ4v) is 1.50. The number of aryl methyl sites for hydroxylation is 1. The van der Waals surface area contributed by atoms with E-state index in [1.54, 1.807) is 20.1 Å². The number of benzene rings is 1. The van der Waals surface area contributed by atoms with E-state index in [1.165, 1.54) is 0 Å². The molecule has 78 valence electrons. The van der Waals surface area contributed by atoms with Crippen LogP contribution in [-0.4, -0.2) is 13.7 Å². The third-order valence-electron chi connectivity index (χ3n) is 2.51. The van der Waals surface area contributed by atoms with Crippen LogP contribution in [0.5, 0.6) is 0 Å². The van der Waals surface area contributed by atoms with Gasteiger partial charge >= 0.3 is 0 Å². The molecule has 1 unspecified atom stereocenters. The third-order valence-corrected chi connectivity index (χ3v) is 2.51. The lowest BCUT2D eigenvalue weighted by atomic mass is 9.96. The first-order valence-corrected chi connectivity index (χ1v) is 4.90. The first-order chi connectivity index (χ1) is 6.66. The van der Waals surface area contributed by atoms with Crippen molar-refractivity contribution < 1.29 is 9.13 Å². The maximum Gasteiger partial charge on any atom is 0.129 e. The average molecular weight is 196 g/mol. The van der Waals surface area contributed by atoms with E-state index in [1.807, 2.05) is 19.1 Å². The Hall–Kier alpha value is -0.890. The van der Waals surface area contributed by atoms with Crippen molar-refractivity contribution >= 4 is 0 Å². The molecule has 0 amide bonds. The highest BCUT2D eigenvalue weighted by molar-refractivity contribution is 5.27. The summed E-state index contributed by atoms with van der Waals surface area (Å²) in [5.41, 5.74) is 1.51. The van der Waals surface area contributed by atoms with E-state index >= 15 is 0 Å². The molecule has 0 fully saturated rings. The predicted molar refractivity (Wildman–Crippen MR) is 56.0 cm³/mol. The fourth-order valence-electron chi connectivity index (χ4n) is 1.50. The zero-order chi connectivity index (χ0) is 10.6. The van der Waals surface area contributed by atoms with E-state index in [0.29, 0.717) is 12.2 Å². The zero-order valence-electron chi connectivity index (χ0n) is 9.01. The summed E-state index contributed by atoms with van der Waals surface area (Å²) in [6.07, 6.45) is 0.858. The highest BCUT2D eigenvalue weighted by atomic mass is 19.1. The van der Waals surface area contributed by atoms with Crippen LogP contribution < -0.4 is 0 Å². The molecule has 0 aliphatic carbocycles. The van der Waals surface area contributed by atoms with Gasteiger partial charge in [-0.1, -0.05) is 25.1 Å². The van der Waals surface area contributed by atoms with E-state index in [0.717, 1.165) is 12.0 Å². The van der Waals surface area contributed by atoms with Crippen LogP contribution in [-0.2, 0) is 4.74 Å². The second kappa shape index (κ2) is 5.11. The molecule has 14 heavy (non-hydrogen) atoms. The SMILES string of the molecule is COCCC(C)c1cccc(C)c1F. The molecule has 1 atom stereocenters. The van der Waals surface area contributed by atoms with E-state index in [9.17, 15) is 4.39 Å². The Bertz CT molecular complexity index is 296. The summed E-state index contributed by atoms with van der Waals surface area (Å²) >= 11 is 0. The first-order valence-electron chi connectivity index (χ1n) is 4.90. The van der Waals surface area contributed by atoms with Gasteiger partial charge in [0.15, 0.2) is 0 Å². The molecule has 0 aromatic heterocycles. The first kappa shape index (κ1) is 11.2. The molecule has 0 radical (unpaired) electrons. The van der Waals surface area contributed by atoms with Gasteiger partial charge in [-0.25, -0.2) is 4.39 Å². The molecule has 0 aliphatic heterocycles. The van der Waals surface area contributed by atoms with Crippen molar-refractivity contribution in [2.24, 2.45) is 0 Å². The minimum Gasteiger partial charge on any atom is -0.385 e. The van der Waals surface area contributed by atoms with Gasteiger partial charge in [-0.3, -0.25) is 0 Å². The molecule has 1 aromatic carbocycles. The Morgan fingerprint density at radius 2 is 2.14 bits per heavy atom. The third kappa shape index (κ3) is 2.55. The number of rotatable bonds is 4. The standard InChI is InChI=1S/C12H17FO/c1-9(7-8-14-3)11-6-4-5-10(2)12(11)13/h4-6,9H,7-8H2,1-3H3. The molecule has 1 aromatic rings. The molecule has 1 rings (SSSR count). The predicted octanol–water partition coefficient (Wildman–Crippen LogP) is 3.27. The van der Waals surface area contributed by atoms with Crippen LogP contribution in [0.1, 0.15) is 30.4 Å². The number of ether oxygens (including phenoxy) is 1. The molecule has 1 nitrogen and oxygen atoms in total. The normalized spacial score (nSPS) is 12.9. The van der Waals surface area contributed by atoms with Crippen LogP contribution in [0, 0.1) is 12.7 Å². The molecular weight excluding hydrogens is 179 g/mol. The summed E-state index contributed by atoms with van der Waals surface area (Å²) < 4.78 is 18.6. The topological polar surface area (TPSA) is 9.23 Å². The Kier molecular flexibility index (Phi) is 4.08. The van der Waals surface area contributed by atoms with Crippen molar-refractivity contribution in [1.29, 1.82) is 0 Å². The Morgan fingerprint density at radius 1 is 1.43 bits per heavy atom. The van der Waals surface area contributed by atoms with Crippen molar-refractivity contribution in [1.82, 2.24) is 0 Å². The smallest absolute Gasteiger partial charge is 0.129 e. The fraction of sp³-hybridized carbons (Fsp3) is 0.500. The summed E-state index contributed by atoms with van der Waals surface area (Å²) in [4.78, 5) is 0. The van der Waals surface area contributed by atoms with Gasteiger partial charge in [0.1, 0.15) is 5.82 Å². The van der Waals surface area contributed by atoms with Gasteiger partial charge in [0, 0.05) is 13.7 Å². The van der Waals surface area contributed by atoms with E-state index in [2.05, 4.69) is 0 Å². The lowest BCUT2D eigenvalue weighted by Gasteiger charge is -2.13. The van der Waals surface area contributed by atoms with Gasteiger partial charge < -0.3 is 4.74 Å². The molecule has 2 heteroatoms. The van der Waals surface area contributed by atoms with Crippen LogP contribution in [0.3, 0.4) is 0 Å². The Balaban J connectivity index is 2.79. The highest BCUT2D eigenvalue weighted by Gasteiger charge is 2.11. The molecule has 0 spiro atoms. The van der Waals surface area contributed by atoms with E-state index in [-0.39, 0.29) is 11.7 Å².